The highest BCUT2D eigenvalue weighted by molar-refractivity contribution is 6.08. The molecule has 1 saturated heterocycles. The summed E-state index contributed by atoms with van der Waals surface area (Å²) in [4.78, 5) is 36.4. The van der Waals surface area contributed by atoms with Crippen molar-refractivity contribution in [3.8, 4) is 5.75 Å². The molecule has 1 spiro atoms. The monoisotopic (exact) mass is 335 g/mol. The van der Waals surface area contributed by atoms with Gasteiger partial charge in [-0.05, 0) is 25.0 Å². The minimum absolute atomic E-state index is 0.0754. The van der Waals surface area contributed by atoms with Crippen LogP contribution in [-0.4, -0.2) is 35.0 Å². The van der Waals surface area contributed by atoms with E-state index in [4.69, 9.17) is 4.74 Å². The van der Waals surface area contributed by atoms with Crippen LogP contribution in [0.15, 0.2) is 24.3 Å². The Hall–Kier alpha value is -2.64. The Bertz CT molecular complexity index is 673. The number of ether oxygens (including phenoxy) is 1. The molecule has 0 atom stereocenters. The molecule has 4 amide bonds. The molecule has 2 fully saturated rings. The van der Waals surface area contributed by atoms with E-state index in [1.54, 1.807) is 6.07 Å². The molecule has 1 heterocycles. The average molecular weight is 335 g/mol. The number of para-hydroxylation sites is 1. The van der Waals surface area contributed by atoms with E-state index in [-0.39, 0.29) is 5.75 Å². The topological polar surface area (TPSA) is 87.7 Å². The molecule has 7 nitrogen and oxygen atoms in total. The van der Waals surface area contributed by atoms with Gasteiger partial charge in [-0.2, -0.15) is 5.01 Å². The van der Waals surface area contributed by atoms with Gasteiger partial charge in [-0.25, -0.2) is 9.18 Å². The summed E-state index contributed by atoms with van der Waals surface area (Å²) in [5, 5.41) is 3.37. The van der Waals surface area contributed by atoms with Gasteiger partial charge in [-0.1, -0.05) is 31.4 Å². The summed E-state index contributed by atoms with van der Waals surface area (Å²) in [7, 11) is 0. The maximum absolute atomic E-state index is 13.4. The van der Waals surface area contributed by atoms with E-state index in [2.05, 4.69) is 10.7 Å². The largest absolute Gasteiger partial charge is 0.481 e. The Balaban J connectivity index is 1.59. The number of benzene rings is 1. The third kappa shape index (κ3) is 3.04. The number of hydrogen-bond acceptors (Lipinski definition) is 4. The summed E-state index contributed by atoms with van der Waals surface area (Å²) in [6, 6.07) is 5.01. The first-order valence-electron chi connectivity index (χ1n) is 7.85. The SMILES string of the molecule is O=C(COc1ccccc1F)NN1C(=O)NC2(CCCCC2)C1=O. The average Bonchev–Trinajstić information content (AvgIpc) is 2.79. The molecule has 2 aliphatic rings. The highest BCUT2D eigenvalue weighted by Gasteiger charge is 2.52. The molecule has 2 N–H and O–H groups in total. The Morgan fingerprint density at radius 3 is 2.67 bits per heavy atom. The number of hydrazine groups is 1. The van der Waals surface area contributed by atoms with Gasteiger partial charge in [-0.15, -0.1) is 0 Å². The first kappa shape index (κ1) is 16.2. The molecule has 0 radical (unpaired) electrons. The summed E-state index contributed by atoms with van der Waals surface area (Å²) in [6.07, 6.45) is 3.85. The number of carbonyl (C=O) groups is 3. The molecule has 1 aliphatic carbocycles. The highest BCUT2D eigenvalue weighted by Crippen LogP contribution is 2.32. The van der Waals surface area contributed by atoms with E-state index in [9.17, 15) is 18.8 Å². The van der Waals surface area contributed by atoms with Crippen molar-refractivity contribution in [3.05, 3.63) is 30.1 Å². The Morgan fingerprint density at radius 1 is 1.25 bits per heavy atom. The fraction of sp³-hybridized carbons (Fsp3) is 0.438. The van der Waals surface area contributed by atoms with Gasteiger partial charge in [0, 0.05) is 0 Å². The van der Waals surface area contributed by atoms with Crippen molar-refractivity contribution in [1.29, 1.82) is 0 Å². The maximum Gasteiger partial charge on any atom is 0.344 e. The molecule has 8 heteroatoms. The first-order chi connectivity index (χ1) is 11.5. The van der Waals surface area contributed by atoms with Crippen LogP contribution < -0.4 is 15.5 Å². The van der Waals surface area contributed by atoms with Crippen molar-refractivity contribution in [1.82, 2.24) is 15.8 Å². The fourth-order valence-electron chi connectivity index (χ4n) is 3.08. The van der Waals surface area contributed by atoms with Crippen LogP contribution in [0.1, 0.15) is 32.1 Å². The number of imide groups is 1. The number of carbonyl (C=O) groups excluding carboxylic acids is 3. The second kappa shape index (κ2) is 6.46. The van der Waals surface area contributed by atoms with Crippen molar-refractivity contribution in [2.24, 2.45) is 0 Å². The molecule has 1 aromatic carbocycles. The van der Waals surface area contributed by atoms with Crippen molar-refractivity contribution < 1.29 is 23.5 Å². The molecule has 1 aliphatic heterocycles. The predicted octanol–water partition coefficient (Wildman–Crippen LogP) is 1.49. The van der Waals surface area contributed by atoms with E-state index in [1.807, 2.05) is 0 Å². The van der Waals surface area contributed by atoms with Crippen LogP contribution in [0.5, 0.6) is 5.75 Å². The van der Waals surface area contributed by atoms with Crippen LogP contribution >= 0.6 is 0 Å². The molecule has 0 aromatic heterocycles. The zero-order chi connectivity index (χ0) is 17.2. The number of rotatable bonds is 4. The second-order valence-corrected chi connectivity index (χ2v) is 5.97. The summed E-state index contributed by atoms with van der Waals surface area (Å²) < 4.78 is 18.5. The lowest BCUT2D eigenvalue weighted by Gasteiger charge is -2.30. The third-order valence-corrected chi connectivity index (χ3v) is 4.30. The van der Waals surface area contributed by atoms with E-state index >= 15 is 0 Å². The summed E-state index contributed by atoms with van der Waals surface area (Å²) in [5.74, 6) is -1.84. The Morgan fingerprint density at radius 2 is 1.96 bits per heavy atom. The molecule has 1 aromatic rings. The Kier molecular flexibility index (Phi) is 4.37. The lowest BCUT2D eigenvalue weighted by Crippen LogP contribution is -2.51. The number of hydrogen-bond donors (Lipinski definition) is 2. The van der Waals surface area contributed by atoms with Gasteiger partial charge in [-0.3, -0.25) is 15.0 Å². The minimum Gasteiger partial charge on any atom is -0.481 e. The van der Waals surface area contributed by atoms with Crippen LogP contribution in [0.4, 0.5) is 9.18 Å². The van der Waals surface area contributed by atoms with Gasteiger partial charge in [0.1, 0.15) is 5.54 Å². The van der Waals surface area contributed by atoms with Crippen molar-refractivity contribution in [2.45, 2.75) is 37.6 Å². The predicted molar refractivity (Wildman–Crippen MR) is 81.2 cm³/mol. The van der Waals surface area contributed by atoms with E-state index < -0.39 is 35.8 Å². The van der Waals surface area contributed by atoms with Crippen molar-refractivity contribution in [2.75, 3.05) is 6.61 Å². The quantitative estimate of drug-likeness (QED) is 0.816. The minimum atomic E-state index is -0.908. The molecule has 0 unspecified atom stereocenters. The van der Waals surface area contributed by atoms with Gasteiger partial charge in [0.05, 0.1) is 0 Å². The van der Waals surface area contributed by atoms with E-state index in [1.165, 1.54) is 18.2 Å². The molecule has 1 saturated carbocycles. The third-order valence-electron chi connectivity index (χ3n) is 4.30. The zero-order valence-corrected chi connectivity index (χ0v) is 13.0. The molecule has 128 valence electrons. The highest BCUT2D eigenvalue weighted by atomic mass is 19.1. The Labute approximate surface area is 138 Å². The van der Waals surface area contributed by atoms with Gasteiger partial charge >= 0.3 is 6.03 Å². The van der Waals surface area contributed by atoms with Crippen LogP contribution in [0, 0.1) is 5.82 Å². The second-order valence-electron chi connectivity index (χ2n) is 5.97. The number of urea groups is 1. The number of halogens is 1. The smallest absolute Gasteiger partial charge is 0.344 e. The van der Waals surface area contributed by atoms with Crippen LogP contribution in [-0.2, 0) is 9.59 Å². The lowest BCUT2D eigenvalue weighted by molar-refractivity contribution is -0.140. The van der Waals surface area contributed by atoms with Gasteiger partial charge in [0.25, 0.3) is 11.8 Å². The van der Waals surface area contributed by atoms with Crippen LogP contribution in [0.3, 0.4) is 0 Å². The number of amides is 4. The number of nitrogens with zero attached hydrogens (tertiary/aromatic N) is 1. The van der Waals surface area contributed by atoms with Gasteiger partial charge in [0.2, 0.25) is 0 Å². The van der Waals surface area contributed by atoms with E-state index in [0.717, 1.165) is 19.3 Å². The summed E-state index contributed by atoms with van der Waals surface area (Å²) >= 11 is 0. The lowest BCUT2D eigenvalue weighted by atomic mass is 9.82. The van der Waals surface area contributed by atoms with Crippen LogP contribution in [0.2, 0.25) is 0 Å². The van der Waals surface area contributed by atoms with Crippen LogP contribution in [0.25, 0.3) is 0 Å². The zero-order valence-electron chi connectivity index (χ0n) is 13.0. The molecule has 0 bridgehead atoms. The molecular formula is C16H18FN3O4. The standard InChI is InChI=1S/C16H18FN3O4/c17-11-6-2-3-7-12(11)24-10-13(21)19-20-14(22)16(18-15(20)23)8-4-1-5-9-16/h2-3,6-7H,1,4-5,8-10H2,(H,18,23)(H,19,21). The van der Waals surface area contributed by atoms with E-state index in [0.29, 0.717) is 17.9 Å². The summed E-state index contributed by atoms with van der Waals surface area (Å²) in [5.41, 5.74) is 1.32. The normalized spacial score (nSPS) is 19.3. The molecular weight excluding hydrogens is 317 g/mol. The molecule has 24 heavy (non-hydrogen) atoms. The molecule has 3 rings (SSSR count). The fourth-order valence-corrected chi connectivity index (χ4v) is 3.08. The van der Waals surface area contributed by atoms with Crippen molar-refractivity contribution >= 4 is 17.8 Å². The maximum atomic E-state index is 13.4. The number of nitrogens with one attached hydrogen (secondary N) is 2. The van der Waals surface area contributed by atoms with Crippen molar-refractivity contribution in [3.63, 3.8) is 0 Å². The van der Waals surface area contributed by atoms with Gasteiger partial charge in [0.15, 0.2) is 18.2 Å². The summed E-state index contributed by atoms with van der Waals surface area (Å²) in [6.45, 7) is -0.509. The van der Waals surface area contributed by atoms with Gasteiger partial charge < -0.3 is 10.1 Å². The first-order valence-corrected chi connectivity index (χ1v) is 7.85.